The highest BCUT2D eigenvalue weighted by atomic mass is 35.5. The van der Waals surface area contributed by atoms with E-state index in [-0.39, 0.29) is 5.54 Å². The molecule has 1 aromatic rings. The van der Waals surface area contributed by atoms with Gasteiger partial charge in [-0.05, 0) is 38.0 Å². The summed E-state index contributed by atoms with van der Waals surface area (Å²) < 4.78 is 0. The lowest BCUT2D eigenvalue weighted by atomic mass is 9.89. The Kier molecular flexibility index (Phi) is 5.18. The second kappa shape index (κ2) is 6.49. The topological polar surface area (TPSA) is 29.3 Å². The van der Waals surface area contributed by atoms with Crippen LogP contribution >= 0.6 is 23.4 Å². The van der Waals surface area contributed by atoms with Crippen molar-refractivity contribution in [3.8, 4) is 0 Å². The molecule has 106 valence electrons. The molecule has 1 heterocycles. The molecule has 2 nitrogen and oxygen atoms in total. The molecule has 1 saturated heterocycles. The highest BCUT2D eigenvalue weighted by Crippen LogP contribution is 2.28. The molecule has 1 aliphatic heterocycles. The third kappa shape index (κ3) is 3.66. The summed E-state index contributed by atoms with van der Waals surface area (Å²) in [5.41, 5.74) is 7.45. The highest BCUT2D eigenvalue weighted by Gasteiger charge is 2.35. The molecule has 19 heavy (non-hydrogen) atoms. The zero-order valence-corrected chi connectivity index (χ0v) is 13.3. The van der Waals surface area contributed by atoms with Gasteiger partial charge in [0.25, 0.3) is 0 Å². The van der Waals surface area contributed by atoms with Crippen molar-refractivity contribution in [2.75, 3.05) is 24.6 Å². The van der Waals surface area contributed by atoms with E-state index in [1.807, 2.05) is 23.9 Å². The van der Waals surface area contributed by atoms with Crippen LogP contribution in [0.2, 0.25) is 5.02 Å². The number of halogens is 1. The first-order chi connectivity index (χ1) is 9.05. The largest absolute Gasteiger partial charge is 0.329 e. The van der Waals surface area contributed by atoms with Crippen molar-refractivity contribution in [1.29, 1.82) is 0 Å². The normalized spacial score (nSPS) is 24.1. The van der Waals surface area contributed by atoms with Gasteiger partial charge in [-0.15, -0.1) is 0 Å². The van der Waals surface area contributed by atoms with Crippen LogP contribution in [0.1, 0.15) is 19.4 Å². The molecule has 4 heteroatoms. The Morgan fingerprint density at radius 2 is 2.11 bits per heavy atom. The Bertz CT molecular complexity index is 409. The first kappa shape index (κ1) is 15.2. The second-order valence-electron chi connectivity index (χ2n) is 5.62. The van der Waals surface area contributed by atoms with Crippen LogP contribution in [-0.4, -0.2) is 41.1 Å². The molecule has 0 radical (unpaired) electrons. The molecule has 0 aliphatic carbocycles. The monoisotopic (exact) mass is 298 g/mol. The first-order valence-corrected chi connectivity index (χ1v) is 8.37. The Hall–Kier alpha value is -0.220. The smallest absolute Gasteiger partial charge is 0.0406 e. The molecule has 0 aromatic heterocycles. The quantitative estimate of drug-likeness (QED) is 0.926. The maximum absolute atomic E-state index is 6.10. The van der Waals surface area contributed by atoms with Gasteiger partial charge in [-0.2, -0.15) is 11.8 Å². The zero-order chi connectivity index (χ0) is 13.9. The van der Waals surface area contributed by atoms with Crippen LogP contribution in [0.4, 0.5) is 0 Å². The van der Waals surface area contributed by atoms with Crippen LogP contribution in [0.5, 0.6) is 0 Å². The molecule has 2 unspecified atom stereocenters. The maximum Gasteiger partial charge on any atom is 0.0406 e. The molecule has 0 amide bonds. The fraction of sp³-hybridized carbons (Fsp3) is 0.600. The highest BCUT2D eigenvalue weighted by molar-refractivity contribution is 7.99. The molecule has 1 aromatic carbocycles. The predicted octanol–water partition coefficient (Wildman–Crippen LogP) is 3.04. The SMILES string of the molecule is CC1CSCCN1C(C)(CN)Cc1ccc(Cl)cc1. The van der Waals surface area contributed by atoms with Gasteiger partial charge in [0.15, 0.2) is 0 Å². The van der Waals surface area contributed by atoms with Gasteiger partial charge in [-0.3, -0.25) is 4.90 Å². The minimum atomic E-state index is 0.0359. The maximum atomic E-state index is 6.10. The second-order valence-corrected chi connectivity index (χ2v) is 7.21. The van der Waals surface area contributed by atoms with Gasteiger partial charge in [-0.1, -0.05) is 23.7 Å². The summed E-state index contributed by atoms with van der Waals surface area (Å²) in [6.45, 7) is 6.41. The molecule has 1 fully saturated rings. The average Bonchev–Trinajstić information content (AvgIpc) is 2.42. The summed E-state index contributed by atoms with van der Waals surface area (Å²) in [6.07, 6.45) is 0.982. The summed E-state index contributed by atoms with van der Waals surface area (Å²) in [5, 5.41) is 0.793. The van der Waals surface area contributed by atoms with Crippen LogP contribution < -0.4 is 5.73 Å². The van der Waals surface area contributed by atoms with Gasteiger partial charge in [-0.25, -0.2) is 0 Å². The van der Waals surface area contributed by atoms with E-state index in [9.17, 15) is 0 Å². The third-order valence-corrected chi connectivity index (χ3v) is 5.44. The van der Waals surface area contributed by atoms with Crippen LogP contribution in [0.25, 0.3) is 0 Å². The fourth-order valence-corrected chi connectivity index (χ4v) is 4.00. The number of nitrogens with two attached hydrogens (primary N) is 1. The van der Waals surface area contributed by atoms with Crippen molar-refractivity contribution < 1.29 is 0 Å². The lowest BCUT2D eigenvalue weighted by Crippen LogP contribution is -2.59. The lowest BCUT2D eigenvalue weighted by Gasteiger charge is -2.46. The van der Waals surface area contributed by atoms with Crippen molar-refractivity contribution in [3.05, 3.63) is 34.9 Å². The van der Waals surface area contributed by atoms with Gasteiger partial charge in [0.1, 0.15) is 0 Å². The molecule has 0 saturated carbocycles. The van der Waals surface area contributed by atoms with E-state index < -0.39 is 0 Å². The summed E-state index contributed by atoms with van der Waals surface area (Å²) >= 11 is 7.99. The van der Waals surface area contributed by atoms with Gasteiger partial charge >= 0.3 is 0 Å². The Morgan fingerprint density at radius 3 is 2.68 bits per heavy atom. The van der Waals surface area contributed by atoms with E-state index in [4.69, 9.17) is 17.3 Å². The number of thioether (sulfide) groups is 1. The average molecular weight is 299 g/mol. The summed E-state index contributed by atoms with van der Waals surface area (Å²) in [4.78, 5) is 2.58. The number of hydrogen-bond acceptors (Lipinski definition) is 3. The van der Waals surface area contributed by atoms with Crippen molar-refractivity contribution in [3.63, 3.8) is 0 Å². The Morgan fingerprint density at radius 1 is 1.42 bits per heavy atom. The predicted molar refractivity (Wildman–Crippen MR) is 86.1 cm³/mol. The van der Waals surface area contributed by atoms with Gasteiger partial charge < -0.3 is 5.73 Å². The van der Waals surface area contributed by atoms with Crippen molar-refractivity contribution >= 4 is 23.4 Å². The minimum Gasteiger partial charge on any atom is -0.329 e. The van der Waals surface area contributed by atoms with Gasteiger partial charge in [0.2, 0.25) is 0 Å². The summed E-state index contributed by atoms with van der Waals surface area (Å²) in [6, 6.07) is 8.74. The molecular formula is C15H23ClN2S. The Labute approximate surface area is 125 Å². The van der Waals surface area contributed by atoms with Crippen molar-refractivity contribution in [2.24, 2.45) is 5.73 Å². The van der Waals surface area contributed by atoms with E-state index in [0.717, 1.165) is 18.0 Å². The number of benzene rings is 1. The molecule has 1 aliphatic rings. The molecule has 0 spiro atoms. The molecular weight excluding hydrogens is 276 g/mol. The minimum absolute atomic E-state index is 0.0359. The summed E-state index contributed by atoms with van der Waals surface area (Å²) in [7, 11) is 0. The van der Waals surface area contributed by atoms with Gasteiger partial charge in [0.05, 0.1) is 0 Å². The van der Waals surface area contributed by atoms with Crippen LogP contribution in [-0.2, 0) is 6.42 Å². The van der Waals surface area contributed by atoms with E-state index in [2.05, 4.69) is 30.9 Å². The molecule has 2 rings (SSSR count). The van der Waals surface area contributed by atoms with Gasteiger partial charge in [0, 0.05) is 41.2 Å². The van der Waals surface area contributed by atoms with Crippen LogP contribution in [0.3, 0.4) is 0 Å². The number of hydrogen-bond donors (Lipinski definition) is 1. The molecule has 2 atom stereocenters. The van der Waals surface area contributed by atoms with E-state index in [1.165, 1.54) is 17.1 Å². The summed E-state index contributed by atoms with van der Waals surface area (Å²) in [5.74, 6) is 2.41. The molecule has 0 bridgehead atoms. The third-order valence-electron chi connectivity index (χ3n) is 4.00. The van der Waals surface area contributed by atoms with Crippen molar-refractivity contribution in [1.82, 2.24) is 4.90 Å². The lowest BCUT2D eigenvalue weighted by molar-refractivity contribution is 0.0819. The van der Waals surface area contributed by atoms with Crippen LogP contribution in [0, 0.1) is 0 Å². The van der Waals surface area contributed by atoms with Crippen LogP contribution in [0.15, 0.2) is 24.3 Å². The first-order valence-electron chi connectivity index (χ1n) is 6.84. The van der Waals surface area contributed by atoms with E-state index in [1.54, 1.807) is 0 Å². The number of nitrogens with zero attached hydrogens (tertiary/aromatic N) is 1. The zero-order valence-electron chi connectivity index (χ0n) is 11.7. The molecule has 2 N–H and O–H groups in total. The van der Waals surface area contributed by atoms with E-state index in [0.29, 0.717) is 12.6 Å². The van der Waals surface area contributed by atoms with Crippen molar-refractivity contribution in [2.45, 2.75) is 31.8 Å². The van der Waals surface area contributed by atoms with E-state index >= 15 is 0 Å². The standard InChI is InChI=1S/C15H23ClN2S/c1-12-10-19-8-7-18(12)15(2,11-17)9-13-3-5-14(16)6-4-13/h3-6,12H,7-11,17H2,1-2H3. The Balaban J connectivity index is 2.14. The fourth-order valence-electron chi connectivity index (χ4n) is 2.86. The number of rotatable bonds is 4.